The van der Waals surface area contributed by atoms with Gasteiger partial charge < -0.3 is 23.8 Å². The molecule has 0 saturated carbocycles. The molecular formula is C22H28N2O5. The highest BCUT2D eigenvalue weighted by atomic mass is 16.5. The molecule has 0 aromatic heterocycles. The molecule has 1 aliphatic heterocycles. The van der Waals surface area contributed by atoms with E-state index in [1.807, 2.05) is 35.2 Å². The molecule has 29 heavy (non-hydrogen) atoms. The van der Waals surface area contributed by atoms with Crippen LogP contribution in [0.15, 0.2) is 42.5 Å². The standard InChI is InChI=1S/C22H28N2O5/c1-26-19-15-17(16-20(27-2)21(19)28-3)22(25)24-11-9-23(10-12-24)13-14-29-18-7-5-4-6-8-18/h4-8,15-16H,9-14H2,1-3H3. The molecule has 0 bridgehead atoms. The number of para-hydroxylation sites is 1. The predicted octanol–water partition coefficient (Wildman–Crippen LogP) is 2.55. The second-order valence-electron chi connectivity index (χ2n) is 6.71. The normalized spacial score (nSPS) is 14.4. The molecule has 156 valence electrons. The van der Waals surface area contributed by atoms with Crippen molar-refractivity contribution in [1.82, 2.24) is 9.80 Å². The summed E-state index contributed by atoms with van der Waals surface area (Å²) in [7, 11) is 4.63. The highest BCUT2D eigenvalue weighted by Gasteiger charge is 2.24. The summed E-state index contributed by atoms with van der Waals surface area (Å²) in [5, 5.41) is 0. The van der Waals surface area contributed by atoms with E-state index in [0.717, 1.165) is 25.4 Å². The lowest BCUT2D eigenvalue weighted by Crippen LogP contribution is -2.49. The van der Waals surface area contributed by atoms with Crippen molar-refractivity contribution in [3.8, 4) is 23.0 Å². The molecule has 1 saturated heterocycles. The first-order chi connectivity index (χ1) is 14.2. The number of amides is 1. The van der Waals surface area contributed by atoms with Crippen LogP contribution in [0.1, 0.15) is 10.4 Å². The number of carbonyl (C=O) groups is 1. The van der Waals surface area contributed by atoms with Crippen LogP contribution in [-0.2, 0) is 0 Å². The van der Waals surface area contributed by atoms with Crippen LogP contribution in [0.5, 0.6) is 23.0 Å². The summed E-state index contributed by atoms with van der Waals surface area (Å²) in [6, 6.07) is 13.2. The van der Waals surface area contributed by atoms with E-state index >= 15 is 0 Å². The lowest BCUT2D eigenvalue weighted by atomic mass is 10.1. The fourth-order valence-corrected chi connectivity index (χ4v) is 3.37. The van der Waals surface area contributed by atoms with Gasteiger partial charge in [-0.25, -0.2) is 0 Å². The summed E-state index contributed by atoms with van der Waals surface area (Å²) in [5.74, 6) is 2.28. The molecule has 1 fully saturated rings. The molecule has 1 amide bonds. The largest absolute Gasteiger partial charge is 0.493 e. The lowest BCUT2D eigenvalue weighted by Gasteiger charge is -2.34. The Labute approximate surface area is 171 Å². The van der Waals surface area contributed by atoms with Crippen LogP contribution in [-0.4, -0.2) is 76.4 Å². The van der Waals surface area contributed by atoms with Crippen LogP contribution in [0, 0.1) is 0 Å². The summed E-state index contributed by atoms with van der Waals surface area (Å²) < 4.78 is 21.8. The van der Waals surface area contributed by atoms with Gasteiger partial charge in [-0.15, -0.1) is 0 Å². The second-order valence-corrected chi connectivity index (χ2v) is 6.71. The number of methoxy groups -OCH3 is 3. The zero-order valence-electron chi connectivity index (χ0n) is 17.2. The van der Waals surface area contributed by atoms with Gasteiger partial charge in [-0.1, -0.05) is 18.2 Å². The van der Waals surface area contributed by atoms with Gasteiger partial charge in [0.1, 0.15) is 12.4 Å². The van der Waals surface area contributed by atoms with Crippen LogP contribution in [0.4, 0.5) is 0 Å². The highest BCUT2D eigenvalue weighted by molar-refractivity contribution is 5.95. The Kier molecular flexibility index (Phi) is 7.19. The van der Waals surface area contributed by atoms with Gasteiger partial charge in [-0.05, 0) is 24.3 Å². The number of carbonyl (C=O) groups excluding carboxylic acids is 1. The summed E-state index contributed by atoms with van der Waals surface area (Å²) in [6.07, 6.45) is 0. The molecule has 0 N–H and O–H groups in total. The minimum Gasteiger partial charge on any atom is -0.493 e. The van der Waals surface area contributed by atoms with Gasteiger partial charge in [0, 0.05) is 38.3 Å². The monoisotopic (exact) mass is 400 g/mol. The van der Waals surface area contributed by atoms with Crippen molar-refractivity contribution < 1.29 is 23.7 Å². The van der Waals surface area contributed by atoms with E-state index < -0.39 is 0 Å². The SMILES string of the molecule is COc1cc(C(=O)N2CCN(CCOc3ccccc3)CC2)cc(OC)c1OC. The van der Waals surface area contributed by atoms with Gasteiger partial charge in [-0.3, -0.25) is 9.69 Å². The minimum atomic E-state index is -0.0376. The molecule has 3 rings (SSSR count). The van der Waals surface area contributed by atoms with Crippen molar-refractivity contribution in [2.45, 2.75) is 0 Å². The number of rotatable bonds is 8. The Morgan fingerprint density at radius 3 is 2.07 bits per heavy atom. The molecule has 1 aliphatic rings. The molecule has 2 aromatic carbocycles. The molecule has 0 radical (unpaired) electrons. The van der Waals surface area contributed by atoms with E-state index in [2.05, 4.69) is 4.90 Å². The van der Waals surface area contributed by atoms with Crippen LogP contribution in [0.2, 0.25) is 0 Å². The van der Waals surface area contributed by atoms with Gasteiger partial charge >= 0.3 is 0 Å². The maximum Gasteiger partial charge on any atom is 0.254 e. The second kappa shape index (κ2) is 10.0. The average Bonchev–Trinajstić information content (AvgIpc) is 2.78. The van der Waals surface area contributed by atoms with E-state index in [9.17, 15) is 4.79 Å². The zero-order valence-corrected chi connectivity index (χ0v) is 17.2. The van der Waals surface area contributed by atoms with E-state index in [0.29, 0.717) is 42.5 Å². The Morgan fingerprint density at radius 1 is 0.897 bits per heavy atom. The molecule has 0 atom stereocenters. The maximum atomic E-state index is 13.0. The molecule has 2 aromatic rings. The van der Waals surface area contributed by atoms with Crippen molar-refractivity contribution >= 4 is 5.91 Å². The highest BCUT2D eigenvalue weighted by Crippen LogP contribution is 2.38. The number of hydrogen-bond acceptors (Lipinski definition) is 6. The minimum absolute atomic E-state index is 0.0376. The van der Waals surface area contributed by atoms with Gasteiger partial charge in [0.2, 0.25) is 5.75 Å². The third-order valence-corrected chi connectivity index (χ3v) is 4.99. The molecule has 0 aliphatic carbocycles. The van der Waals surface area contributed by atoms with E-state index in [-0.39, 0.29) is 5.91 Å². The predicted molar refractivity (Wildman–Crippen MR) is 110 cm³/mol. The average molecular weight is 400 g/mol. The van der Waals surface area contributed by atoms with Crippen molar-refractivity contribution in [2.24, 2.45) is 0 Å². The number of nitrogens with zero attached hydrogens (tertiary/aromatic N) is 2. The molecule has 0 spiro atoms. The van der Waals surface area contributed by atoms with Gasteiger partial charge in [0.25, 0.3) is 5.91 Å². The molecule has 0 unspecified atom stereocenters. The van der Waals surface area contributed by atoms with Gasteiger partial charge in [0.15, 0.2) is 11.5 Å². The van der Waals surface area contributed by atoms with Crippen LogP contribution >= 0.6 is 0 Å². The first kappa shape index (κ1) is 20.8. The third-order valence-electron chi connectivity index (χ3n) is 4.99. The van der Waals surface area contributed by atoms with Crippen molar-refractivity contribution in [1.29, 1.82) is 0 Å². The molecule has 1 heterocycles. The van der Waals surface area contributed by atoms with Crippen molar-refractivity contribution in [2.75, 3.05) is 60.7 Å². The lowest BCUT2D eigenvalue weighted by molar-refractivity contribution is 0.0619. The summed E-state index contributed by atoms with van der Waals surface area (Å²) in [6.45, 7) is 4.43. The number of piperazine rings is 1. The first-order valence-corrected chi connectivity index (χ1v) is 9.65. The molecule has 7 nitrogen and oxygen atoms in total. The summed E-state index contributed by atoms with van der Waals surface area (Å²) in [4.78, 5) is 17.1. The Balaban J connectivity index is 1.54. The van der Waals surface area contributed by atoms with Crippen molar-refractivity contribution in [3.05, 3.63) is 48.0 Å². The smallest absolute Gasteiger partial charge is 0.254 e. The Hall–Kier alpha value is -2.93. The maximum absolute atomic E-state index is 13.0. The van der Waals surface area contributed by atoms with E-state index in [1.165, 1.54) is 0 Å². The molecule has 7 heteroatoms. The zero-order chi connectivity index (χ0) is 20.6. The summed E-state index contributed by atoms with van der Waals surface area (Å²) >= 11 is 0. The molecular weight excluding hydrogens is 372 g/mol. The van der Waals surface area contributed by atoms with E-state index in [4.69, 9.17) is 18.9 Å². The Morgan fingerprint density at radius 2 is 1.52 bits per heavy atom. The number of ether oxygens (including phenoxy) is 4. The third kappa shape index (κ3) is 5.12. The fourth-order valence-electron chi connectivity index (χ4n) is 3.37. The van der Waals surface area contributed by atoms with Gasteiger partial charge in [0.05, 0.1) is 21.3 Å². The quantitative estimate of drug-likeness (QED) is 0.679. The van der Waals surface area contributed by atoms with Crippen molar-refractivity contribution in [3.63, 3.8) is 0 Å². The number of benzene rings is 2. The topological polar surface area (TPSA) is 60.5 Å². The summed E-state index contributed by atoms with van der Waals surface area (Å²) in [5.41, 5.74) is 0.528. The first-order valence-electron chi connectivity index (χ1n) is 9.65. The van der Waals surface area contributed by atoms with Crippen LogP contribution in [0.25, 0.3) is 0 Å². The Bertz CT molecular complexity index is 779. The van der Waals surface area contributed by atoms with E-state index in [1.54, 1.807) is 33.5 Å². The number of hydrogen-bond donors (Lipinski definition) is 0. The van der Waals surface area contributed by atoms with Gasteiger partial charge in [-0.2, -0.15) is 0 Å². The fraction of sp³-hybridized carbons (Fsp3) is 0.409. The van der Waals surface area contributed by atoms with Crippen LogP contribution in [0.3, 0.4) is 0 Å². The van der Waals surface area contributed by atoms with Crippen LogP contribution < -0.4 is 18.9 Å².